The SMILES string of the molecule is CC(c1ccc(S(N)(=O)=O)cc1)N(C)CC(N)=O. The number of rotatable bonds is 5. The number of primary amides is 1. The highest BCUT2D eigenvalue weighted by molar-refractivity contribution is 7.89. The molecule has 0 heterocycles. The largest absolute Gasteiger partial charge is 0.369 e. The molecule has 0 saturated carbocycles. The quantitative estimate of drug-likeness (QED) is 0.774. The van der Waals surface area contributed by atoms with Gasteiger partial charge in [0.2, 0.25) is 15.9 Å². The standard InChI is InChI=1S/C11H17N3O3S/c1-8(14(2)7-11(12)15)9-3-5-10(6-4-9)18(13,16)17/h3-6,8H,7H2,1-2H3,(H2,12,15)(H2,13,16,17). The lowest BCUT2D eigenvalue weighted by Gasteiger charge is -2.23. The van der Waals surface area contributed by atoms with Crippen molar-refractivity contribution in [1.29, 1.82) is 0 Å². The van der Waals surface area contributed by atoms with E-state index in [1.54, 1.807) is 24.1 Å². The number of nitrogens with zero attached hydrogens (tertiary/aromatic N) is 1. The summed E-state index contributed by atoms with van der Waals surface area (Å²) in [4.78, 5) is 12.7. The predicted molar refractivity (Wildman–Crippen MR) is 68.1 cm³/mol. The fourth-order valence-electron chi connectivity index (χ4n) is 1.57. The molecule has 1 aromatic carbocycles. The molecule has 0 fully saturated rings. The summed E-state index contributed by atoms with van der Waals surface area (Å²) in [6, 6.07) is 6.18. The molecule has 0 aliphatic carbocycles. The van der Waals surface area contributed by atoms with Crippen molar-refractivity contribution in [3.8, 4) is 0 Å². The lowest BCUT2D eigenvalue weighted by Crippen LogP contribution is -2.32. The minimum absolute atomic E-state index is 0.0490. The average Bonchev–Trinajstić information content (AvgIpc) is 2.26. The van der Waals surface area contributed by atoms with E-state index in [1.807, 2.05) is 6.92 Å². The highest BCUT2D eigenvalue weighted by Gasteiger charge is 2.14. The van der Waals surface area contributed by atoms with Crippen LogP contribution >= 0.6 is 0 Å². The van der Waals surface area contributed by atoms with Crippen molar-refractivity contribution in [1.82, 2.24) is 4.90 Å². The Morgan fingerprint density at radius 2 is 1.83 bits per heavy atom. The lowest BCUT2D eigenvalue weighted by molar-refractivity contribution is -0.119. The first-order valence-electron chi connectivity index (χ1n) is 5.33. The van der Waals surface area contributed by atoms with Crippen LogP contribution < -0.4 is 10.9 Å². The zero-order valence-corrected chi connectivity index (χ0v) is 11.1. The number of hydrogen-bond donors (Lipinski definition) is 2. The first-order valence-corrected chi connectivity index (χ1v) is 6.87. The Kier molecular flexibility index (Phi) is 4.44. The molecule has 6 nitrogen and oxygen atoms in total. The molecule has 1 unspecified atom stereocenters. The van der Waals surface area contributed by atoms with Crippen LogP contribution in [0.3, 0.4) is 0 Å². The maximum atomic E-state index is 11.1. The van der Waals surface area contributed by atoms with E-state index in [9.17, 15) is 13.2 Å². The normalized spacial score (nSPS) is 13.6. The van der Waals surface area contributed by atoms with Gasteiger partial charge in [-0.15, -0.1) is 0 Å². The third kappa shape index (κ3) is 3.80. The van der Waals surface area contributed by atoms with E-state index in [0.29, 0.717) is 0 Å². The monoisotopic (exact) mass is 271 g/mol. The molecule has 1 aromatic rings. The van der Waals surface area contributed by atoms with Crippen LogP contribution in [0.15, 0.2) is 29.2 Å². The minimum Gasteiger partial charge on any atom is -0.369 e. The molecule has 7 heteroatoms. The Labute approximate surface area is 107 Å². The molecule has 4 N–H and O–H groups in total. The number of likely N-dealkylation sites (N-methyl/N-ethyl adjacent to an activating group) is 1. The first kappa shape index (κ1) is 14.6. The number of carbonyl (C=O) groups excluding carboxylic acids is 1. The smallest absolute Gasteiger partial charge is 0.238 e. The summed E-state index contributed by atoms with van der Waals surface area (Å²) in [5.41, 5.74) is 5.99. The van der Waals surface area contributed by atoms with Crippen LogP contribution in [0.4, 0.5) is 0 Å². The number of hydrogen-bond acceptors (Lipinski definition) is 4. The summed E-state index contributed by atoms with van der Waals surface area (Å²) < 4.78 is 22.2. The molecule has 1 atom stereocenters. The van der Waals surface area contributed by atoms with Crippen molar-refractivity contribution in [3.05, 3.63) is 29.8 Å². The van der Waals surface area contributed by atoms with Gasteiger partial charge in [0.25, 0.3) is 0 Å². The van der Waals surface area contributed by atoms with Crippen LogP contribution in [0, 0.1) is 0 Å². The molecule has 1 rings (SSSR count). The van der Waals surface area contributed by atoms with Crippen LogP contribution in [0.5, 0.6) is 0 Å². The van der Waals surface area contributed by atoms with Gasteiger partial charge in [-0.1, -0.05) is 12.1 Å². The number of nitrogens with two attached hydrogens (primary N) is 2. The number of benzene rings is 1. The number of carbonyl (C=O) groups is 1. The second-order valence-electron chi connectivity index (χ2n) is 4.17. The van der Waals surface area contributed by atoms with Gasteiger partial charge in [-0.3, -0.25) is 9.69 Å². The third-order valence-corrected chi connectivity index (χ3v) is 3.69. The number of primary sulfonamides is 1. The fourth-order valence-corrected chi connectivity index (χ4v) is 2.09. The highest BCUT2D eigenvalue weighted by atomic mass is 32.2. The van der Waals surface area contributed by atoms with Crippen LogP contribution in [0.2, 0.25) is 0 Å². The summed E-state index contributed by atoms with van der Waals surface area (Å²) >= 11 is 0. The average molecular weight is 271 g/mol. The first-order chi connectivity index (χ1) is 8.21. The summed E-state index contributed by atoms with van der Waals surface area (Å²) in [6.07, 6.45) is 0. The third-order valence-electron chi connectivity index (χ3n) is 2.76. The predicted octanol–water partition coefficient (Wildman–Crippen LogP) is -0.188. The Hall–Kier alpha value is -1.44. The van der Waals surface area contributed by atoms with Crippen LogP contribution in [-0.2, 0) is 14.8 Å². The maximum Gasteiger partial charge on any atom is 0.238 e. The Balaban J connectivity index is 2.88. The molecular formula is C11H17N3O3S. The molecule has 0 aromatic heterocycles. The van der Waals surface area contributed by atoms with Gasteiger partial charge in [-0.05, 0) is 31.7 Å². The zero-order valence-electron chi connectivity index (χ0n) is 10.3. The van der Waals surface area contributed by atoms with E-state index in [1.165, 1.54) is 12.1 Å². The van der Waals surface area contributed by atoms with E-state index in [-0.39, 0.29) is 17.5 Å². The Morgan fingerprint density at radius 3 is 2.22 bits per heavy atom. The molecule has 0 bridgehead atoms. The van der Waals surface area contributed by atoms with Crippen LogP contribution in [0.1, 0.15) is 18.5 Å². The Morgan fingerprint density at radius 1 is 1.33 bits per heavy atom. The topological polar surface area (TPSA) is 106 Å². The van der Waals surface area contributed by atoms with Crippen molar-refractivity contribution < 1.29 is 13.2 Å². The molecule has 0 aliphatic heterocycles. The van der Waals surface area contributed by atoms with Gasteiger partial charge in [0, 0.05) is 6.04 Å². The molecular weight excluding hydrogens is 254 g/mol. The molecule has 1 amide bonds. The van der Waals surface area contributed by atoms with E-state index in [4.69, 9.17) is 10.9 Å². The van der Waals surface area contributed by atoms with Gasteiger partial charge in [-0.2, -0.15) is 0 Å². The van der Waals surface area contributed by atoms with Gasteiger partial charge in [0.1, 0.15) is 0 Å². The molecule has 0 aliphatic rings. The van der Waals surface area contributed by atoms with Crippen molar-refractivity contribution in [2.75, 3.05) is 13.6 Å². The Bertz CT molecular complexity index is 525. The highest BCUT2D eigenvalue weighted by Crippen LogP contribution is 2.19. The number of sulfonamides is 1. The summed E-state index contributed by atoms with van der Waals surface area (Å²) in [5.74, 6) is -0.412. The summed E-state index contributed by atoms with van der Waals surface area (Å²) in [7, 11) is -1.91. The zero-order chi connectivity index (χ0) is 13.9. The van der Waals surface area contributed by atoms with Crippen LogP contribution in [-0.4, -0.2) is 32.8 Å². The number of amides is 1. The van der Waals surface area contributed by atoms with E-state index in [0.717, 1.165) is 5.56 Å². The van der Waals surface area contributed by atoms with Crippen molar-refractivity contribution in [2.24, 2.45) is 10.9 Å². The van der Waals surface area contributed by atoms with Crippen molar-refractivity contribution in [3.63, 3.8) is 0 Å². The van der Waals surface area contributed by atoms with E-state index in [2.05, 4.69) is 0 Å². The fraction of sp³-hybridized carbons (Fsp3) is 0.364. The summed E-state index contributed by atoms with van der Waals surface area (Å²) in [5, 5.41) is 5.01. The molecule has 100 valence electrons. The molecule has 0 spiro atoms. The maximum absolute atomic E-state index is 11.1. The molecule has 0 saturated heterocycles. The van der Waals surface area contributed by atoms with Gasteiger partial charge in [-0.25, -0.2) is 13.6 Å². The second-order valence-corrected chi connectivity index (χ2v) is 5.73. The minimum atomic E-state index is -3.67. The van der Waals surface area contributed by atoms with Crippen molar-refractivity contribution >= 4 is 15.9 Å². The summed E-state index contributed by atoms with van der Waals surface area (Å²) in [6.45, 7) is 2.03. The second kappa shape index (κ2) is 5.47. The van der Waals surface area contributed by atoms with Gasteiger partial charge < -0.3 is 5.73 Å². The van der Waals surface area contributed by atoms with Crippen molar-refractivity contribution in [2.45, 2.75) is 17.9 Å². The van der Waals surface area contributed by atoms with Gasteiger partial charge in [0.05, 0.1) is 11.4 Å². The lowest BCUT2D eigenvalue weighted by atomic mass is 10.1. The van der Waals surface area contributed by atoms with E-state index < -0.39 is 15.9 Å². The molecule has 18 heavy (non-hydrogen) atoms. The van der Waals surface area contributed by atoms with Crippen LogP contribution in [0.25, 0.3) is 0 Å². The van der Waals surface area contributed by atoms with Gasteiger partial charge >= 0.3 is 0 Å². The molecule has 0 radical (unpaired) electrons. The van der Waals surface area contributed by atoms with Gasteiger partial charge in [0.15, 0.2) is 0 Å². The van der Waals surface area contributed by atoms with E-state index >= 15 is 0 Å².